The molecule has 0 aliphatic heterocycles. The average Bonchev–Trinajstić information content (AvgIpc) is 3.06. The molecule has 0 atom stereocenters. The first-order valence-electron chi connectivity index (χ1n) is 8.62. The number of carbonyl (C=O) groups excluding carboxylic acids is 3. The number of urea groups is 1. The molecule has 0 fully saturated rings. The Balaban J connectivity index is 1.51. The molecule has 0 aliphatic carbocycles. The summed E-state index contributed by atoms with van der Waals surface area (Å²) < 4.78 is 6.61. The molecule has 0 saturated carbocycles. The van der Waals surface area contributed by atoms with Crippen LogP contribution in [0.5, 0.6) is 0 Å². The molecule has 1 aromatic carbocycles. The molecule has 3 aromatic rings. The maximum atomic E-state index is 12.1. The Morgan fingerprint density at radius 3 is 2.61 bits per heavy atom. The van der Waals surface area contributed by atoms with Crippen LogP contribution in [-0.2, 0) is 9.53 Å². The van der Waals surface area contributed by atoms with E-state index in [0.29, 0.717) is 11.3 Å². The average molecular weight is 380 g/mol. The summed E-state index contributed by atoms with van der Waals surface area (Å²) in [5, 5.41) is 4.67. The number of ether oxygens (including phenoxy) is 1. The van der Waals surface area contributed by atoms with E-state index < -0.39 is 24.5 Å². The Labute approximate surface area is 161 Å². The number of imidazole rings is 1. The predicted octanol–water partition coefficient (Wildman–Crippen LogP) is 2.76. The fourth-order valence-corrected chi connectivity index (χ4v) is 2.53. The largest absolute Gasteiger partial charge is 0.451 e. The first-order chi connectivity index (χ1) is 13.3. The van der Waals surface area contributed by atoms with Gasteiger partial charge in [0.1, 0.15) is 5.65 Å². The topological polar surface area (TPSA) is 102 Å². The second kappa shape index (κ2) is 7.91. The zero-order valence-electron chi connectivity index (χ0n) is 15.8. The fraction of sp³-hybridized carbons (Fsp3) is 0.200. The van der Waals surface area contributed by atoms with E-state index in [4.69, 9.17) is 4.74 Å². The van der Waals surface area contributed by atoms with Crippen LogP contribution in [0.25, 0.3) is 5.65 Å². The van der Waals surface area contributed by atoms with E-state index in [2.05, 4.69) is 15.6 Å². The summed E-state index contributed by atoms with van der Waals surface area (Å²) in [5.74, 6) is -1.49. The Bertz CT molecular complexity index is 1070. The number of aryl methyl sites for hydroxylation is 3. The smallest absolute Gasteiger partial charge is 0.359 e. The highest BCUT2D eigenvalue weighted by Crippen LogP contribution is 2.14. The second-order valence-corrected chi connectivity index (χ2v) is 6.47. The zero-order valence-corrected chi connectivity index (χ0v) is 15.8. The normalized spacial score (nSPS) is 10.5. The molecule has 0 bridgehead atoms. The molecule has 0 saturated heterocycles. The number of aromatic nitrogens is 2. The molecule has 8 nitrogen and oxygen atoms in total. The van der Waals surface area contributed by atoms with E-state index in [0.717, 1.165) is 16.7 Å². The predicted molar refractivity (Wildman–Crippen MR) is 103 cm³/mol. The van der Waals surface area contributed by atoms with Gasteiger partial charge in [-0.3, -0.25) is 10.1 Å². The van der Waals surface area contributed by atoms with Crippen molar-refractivity contribution in [3.63, 3.8) is 0 Å². The Morgan fingerprint density at radius 2 is 1.86 bits per heavy atom. The number of benzene rings is 1. The number of pyridine rings is 1. The molecule has 144 valence electrons. The number of nitrogens with one attached hydrogen (secondary N) is 2. The monoisotopic (exact) mass is 380 g/mol. The summed E-state index contributed by atoms with van der Waals surface area (Å²) in [6.45, 7) is 5.21. The minimum atomic E-state index is -0.744. The summed E-state index contributed by atoms with van der Waals surface area (Å²) in [6.07, 6.45) is 3.29. The highest BCUT2D eigenvalue weighted by molar-refractivity contribution is 6.02. The third-order valence-corrected chi connectivity index (χ3v) is 4.18. The molecular weight excluding hydrogens is 360 g/mol. The van der Waals surface area contributed by atoms with Crippen molar-refractivity contribution < 1.29 is 19.1 Å². The van der Waals surface area contributed by atoms with Gasteiger partial charge in [-0.2, -0.15) is 0 Å². The quantitative estimate of drug-likeness (QED) is 0.678. The number of imide groups is 1. The van der Waals surface area contributed by atoms with Gasteiger partial charge in [0.05, 0.1) is 0 Å². The van der Waals surface area contributed by atoms with E-state index in [1.54, 1.807) is 22.7 Å². The number of amides is 3. The number of nitrogens with zero attached hydrogens (tertiary/aromatic N) is 2. The number of hydrogen-bond acceptors (Lipinski definition) is 5. The van der Waals surface area contributed by atoms with Crippen LogP contribution >= 0.6 is 0 Å². The van der Waals surface area contributed by atoms with Gasteiger partial charge in [0.25, 0.3) is 5.91 Å². The van der Waals surface area contributed by atoms with Gasteiger partial charge in [-0.15, -0.1) is 0 Å². The third-order valence-electron chi connectivity index (χ3n) is 4.18. The lowest BCUT2D eigenvalue weighted by atomic mass is 10.1. The van der Waals surface area contributed by atoms with Crippen molar-refractivity contribution in [1.82, 2.24) is 14.7 Å². The second-order valence-electron chi connectivity index (χ2n) is 6.47. The molecule has 0 unspecified atom stereocenters. The van der Waals surface area contributed by atoms with Crippen LogP contribution in [0.2, 0.25) is 0 Å². The minimum Gasteiger partial charge on any atom is -0.451 e. The van der Waals surface area contributed by atoms with Gasteiger partial charge in [0.2, 0.25) is 0 Å². The summed E-state index contributed by atoms with van der Waals surface area (Å²) in [7, 11) is 0. The van der Waals surface area contributed by atoms with E-state index in [1.165, 1.54) is 6.20 Å². The Kier molecular flexibility index (Phi) is 5.39. The molecule has 3 rings (SSSR count). The molecule has 2 heterocycles. The zero-order chi connectivity index (χ0) is 20.3. The van der Waals surface area contributed by atoms with Gasteiger partial charge in [-0.25, -0.2) is 14.6 Å². The van der Waals surface area contributed by atoms with Crippen molar-refractivity contribution >= 4 is 29.2 Å². The van der Waals surface area contributed by atoms with Gasteiger partial charge in [0, 0.05) is 18.1 Å². The van der Waals surface area contributed by atoms with Crippen LogP contribution in [0.1, 0.15) is 27.2 Å². The minimum absolute atomic E-state index is 0.0815. The molecule has 28 heavy (non-hydrogen) atoms. The lowest BCUT2D eigenvalue weighted by Gasteiger charge is -2.08. The first kappa shape index (κ1) is 19.1. The number of rotatable bonds is 4. The van der Waals surface area contributed by atoms with Crippen molar-refractivity contribution in [3.05, 3.63) is 65.1 Å². The van der Waals surface area contributed by atoms with Crippen molar-refractivity contribution in [1.29, 1.82) is 0 Å². The van der Waals surface area contributed by atoms with Crippen molar-refractivity contribution in [3.8, 4) is 0 Å². The van der Waals surface area contributed by atoms with E-state index in [9.17, 15) is 14.4 Å². The Hall–Kier alpha value is -3.68. The maximum Gasteiger partial charge on any atom is 0.359 e. The highest BCUT2D eigenvalue weighted by atomic mass is 16.5. The molecule has 2 N–H and O–H groups in total. The molecule has 3 amide bonds. The van der Waals surface area contributed by atoms with Gasteiger partial charge >= 0.3 is 12.0 Å². The summed E-state index contributed by atoms with van der Waals surface area (Å²) in [5.41, 5.74) is 4.36. The van der Waals surface area contributed by atoms with E-state index >= 15 is 0 Å². The third kappa shape index (κ3) is 4.53. The van der Waals surface area contributed by atoms with Crippen LogP contribution in [0.4, 0.5) is 10.5 Å². The first-order valence-corrected chi connectivity index (χ1v) is 8.62. The lowest BCUT2D eigenvalue weighted by Crippen LogP contribution is -2.37. The molecule has 8 heteroatoms. The van der Waals surface area contributed by atoms with Crippen molar-refractivity contribution in [2.45, 2.75) is 20.8 Å². The fourth-order valence-electron chi connectivity index (χ4n) is 2.53. The SMILES string of the molecule is Cc1ccn2cc(C(=O)OCC(=O)NC(=O)Nc3ccc(C)c(C)c3)nc2c1. The number of esters is 1. The van der Waals surface area contributed by atoms with Gasteiger partial charge in [-0.1, -0.05) is 6.07 Å². The molecule has 0 aliphatic rings. The number of fused-ring (bicyclic) bond motifs is 1. The molecular formula is C20H20N4O4. The van der Waals surface area contributed by atoms with Crippen LogP contribution in [0, 0.1) is 20.8 Å². The van der Waals surface area contributed by atoms with E-state index in [1.807, 2.05) is 39.0 Å². The number of carbonyl (C=O) groups is 3. The molecule has 2 aromatic heterocycles. The van der Waals surface area contributed by atoms with Crippen LogP contribution in [0.3, 0.4) is 0 Å². The molecule has 0 radical (unpaired) electrons. The molecule has 0 spiro atoms. The lowest BCUT2D eigenvalue weighted by molar-refractivity contribution is -0.123. The van der Waals surface area contributed by atoms with E-state index in [-0.39, 0.29) is 5.69 Å². The van der Waals surface area contributed by atoms with Crippen LogP contribution < -0.4 is 10.6 Å². The van der Waals surface area contributed by atoms with Gasteiger partial charge < -0.3 is 14.5 Å². The van der Waals surface area contributed by atoms with Crippen LogP contribution in [0.15, 0.2) is 42.7 Å². The van der Waals surface area contributed by atoms with Crippen molar-refractivity contribution in [2.75, 3.05) is 11.9 Å². The summed E-state index contributed by atoms with van der Waals surface area (Å²) >= 11 is 0. The number of anilines is 1. The standard InChI is InChI=1S/C20H20N4O4/c1-12-6-7-24-10-16(22-17(24)8-12)19(26)28-11-18(25)23-20(27)21-15-5-4-13(2)14(3)9-15/h4-10H,11H2,1-3H3,(H2,21,23,25,27). The maximum absolute atomic E-state index is 12.1. The van der Waals surface area contributed by atoms with Crippen molar-refractivity contribution in [2.24, 2.45) is 0 Å². The summed E-state index contributed by atoms with van der Waals surface area (Å²) in [6, 6.07) is 8.39. The Morgan fingerprint density at radius 1 is 1.07 bits per heavy atom. The number of hydrogen-bond donors (Lipinski definition) is 2. The van der Waals surface area contributed by atoms with Crippen LogP contribution in [-0.4, -0.2) is 33.9 Å². The highest BCUT2D eigenvalue weighted by Gasteiger charge is 2.15. The van der Waals surface area contributed by atoms with Gasteiger partial charge in [-0.05, 0) is 61.7 Å². The summed E-state index contributed by atoms with van der Waals surface area (Å²) in [4.78, 5) is 40.0. The van der Waals surface area contributed by atoms with Gasteiger partial charge in [0.15, 0.2) is 12.3 Å².